The van der Waals surface area contributed by atoms with E-state index in [1.165, 1.54) is 0 Å². The second-order valence-corrected chi connectivity index (χ2v) is 3.96. The monoisotopic (exact) mass is 220 g/mol. The van der Waals surface area contributed by atoms with Gasteiger partial charge in [-0.2, -0.15) is 0 Å². The summed E-state index contributed by atoms with van der Waals surface area (Å²) in [6.45, 7) is 2.46. The van der Waals surface area contributed by atoms with Gasteiger partial charge in [-0.25, -0.2) is 4.98 Å². The Kier molecular flexibility index (Phi) is 3.05. The van der Waals surface area contributed by atoms with Crippen molar-refractivity contribution in [2.75, 3.05) is 31.6 Å². The van der Waals surface area contributed by atoms with Crippen LogP contribution in [0.5, 0.6) is 0 Å². The van der Waals surface area contributed by atoms with Crippen LogP contribution in [-0.2, 0) is 11.3 Å². The fraction of sp³-hybridized carbons (Fsp3) is 0.455. The maximum absolute atomic E-state index is 11.6. The molecule has 2 N–H and O–H groups in total. The van der Waals surface area contributed by atoms with Crippen LogP contribution in [0.4, 0.5) is 5.82 Å². The number of carbonyl (C=O) groups is 1. The lowest BCUT2D eigenvalue weighted by molar-refractivity contribution is -0.129. The van der Waals surface area contributed by atoms with E-state index in [0.29, 0.717) is 13.1 Å². The Morgan fingerprint density at radius 2 is 2.31 bits per heavy atom. The molecule has 1 aromatic rings. The van der Waals surface area contributed by atoms with Crippen LogP contribution in [0.2, 0.25) is 0 Å². The highest BCUT2D eigenvalue weighted by Gasteiger charge is 2.21. The number of amides is 1. The molecular formula is C11H16N4O. The average Bonchev–Trinajstić information content (AvgIpc) is 2.33. The lowest BCUT2D eigenvalue weighted by atomic mass is 10.2. The van der Waals surface area contributed by atoms with Gasteiger partial charge in [0.25, 0.3) is 0 Å². The number of likely N-dealkylation sites (N-methyl/N-ethyl adjacent to an activating group) is 1. The van der Waals surface area contributed by atoms with Crippen LogP contribution in [0.15, 0.2) is 18.3 Å². The third-order valence-corrected chi connectivity index (χ3v) is 2.83. The second-order valence-electron chi connectivity index (χ2n) is 3.96. The topological polar surface area (TPSA) is 62.5 Å². The molecule has 1 aliphatic heterocycles. The number of anilines is 1. The Morgan fingerprint density at radius 3 is 3.00 bits per heavy atom. The predicted molar refractivity (Wildman–Crippen MR) is 62.0 cm³/mol. The van der Waals surface area contributed by atoms with Crippen molar-refractivity contribution in [3.8, 4) is 0 Å². The SMILES string of the molecule is CN1CCN(c2cc(CN)ccn2)CC1=O. The molecule has 5 nitrogen and oxygen atoms in total. The number of carbonyl (C=O) groups excluding carboxylic acids is 1. The first-order valence-corrected chi connectivity index (χ1v) is 5.34. The molecule has 0 atom stereocenters. The van der Waals surface area contributed by atoms with E-state index >= 15 is 0 Å². The van der Waals surface area contributed by atoms with Gasteiger partial charge in [0.1, 0.15) is 5.82 Å². The molecule has 86 valence electrons. The van der Waals surface area contributed by atoms with Gasteiger partial charge in [-0.3, -0.25) is 4.79 Å². The Balaban J connectivity index is 2.15. The van der Waals surface area contributed by atoms with E-state index in [1.807, 2.05) is 24.1 Å². The van der Waals surface area contributed by atoms with E-state index in [1.54, 1.807) is 11.1 Å². The van der Waals surface area contributed by atoms with Gasteiger partial charge in [0, 0.05) is 32.9 Å². The Hall–Kier alpha value is -1.62. The third-order valence-electron chi connectivity index (χ3n) is 2.83. The van der Waals surface area contributed by atoms with Crippen LogP contribution in [0.25, 0.3) is 0 Å². The lowest BCUT2D eigenvalue weighted by Crippen LogP contribution is -2.48. The van der Waals surface area contributed by atoms with E-state index in [4.69, 9.17) is 5.73 Å². The first-order valence-electron chi connectivity index (χ1n) is 5.34. The number of aromatic nitrogens is 1. The molecule has 2 rings (SSSR count). The summed E-state index contributed by atoms with van der Waals surface area (Å²) in [4.78, 5) is 19.6. The molecular weight excluding hydrogens is 204 g/mol. The zero-order valence-corrected chi connectivity index (χ0v) is 9.39. The van der Waals surface area contributed by atoms with Crippen molar-refractivity contribution in [1.82, 2.24) is 9.88 Å². The van der Waals surface area contributed by atoms with Crippen molar-refractivity contribution in [2.45, 2.75) is 6.54 Å². The van der Waals surface area contributed by atoms with E-state index in [9.17, 15) is 4.79 Å². The fourth-order valence-electron chi connectivity index (χ4n) is 1.71. The highest BCUT2D eigenvalue weighted by Crippen LogP contribution is 2.14. The van der Waals surface area contributed by atoms with Crippen molar-refractivity contribution in [1.29, 1.82) is 0 Å². The number of hydrogen-bond donors (Lipinski definition) is 1. The molecule has 0 aromatic carbocycles. The minimum atomic E-state index is 0.131. The van der Waals surface area contributed by atoms with Crippen LogP contribution in [-0.4, -0.2) is 42.5 Å². The van der Waals surface area contributed by atoms with E-state index < -0.39 is 0 Å². The van der Waals surface area contributed by atoms with E-state index in [2.05, 4.69) is 4.98 Å². The Bertz CT molecular complexity index is 393. The number of nitrogens with zero attached hydrogens (tertiary/aromatic N) is 3. The first-order chi connectivity index (χ1) is 7.70. The van der Waals surface area contributed by atoms with Crippen LogP contribution >= 0.6 is 0 Å². The minimum Gasteiger partial charge on any atom is -0.346 e. The minimum absolute atomic E-state index is 0.131. The van der Waals surface area contributed by atoms with Gasteiger partial charge in [0.05, 0.1) is 6.54 Å². The molecule has 0 radical (unpaired) electrons. The highest BCUT2D eigenvalue weighted by molar-refractivity contribution is 5.82. The second kappa shape index (κ2) is 4.49. The molecule has 0 unspecified atom stereocenters. The molecule has 2 heterocycles. The summed E-state index contributed by atoms with van der Waals surface area (Å²) < 4.78 is 0. The van der Waals surface area contributed by atoms with Gasteiger partial charge < -0.3 is 15.5 Å². The third kappa shape index (κ3) is 2.14. The van der Waals surface area contributed by atoms with E-state index in [-0.39, 0.29) is 5.91 Å². The maximum Gasteiger partial charge on any atom is 0.241 e. The van der Waals surface area contributed by atoms with Crippen molar-refractivity contribution >= 4 is 11.7 Å². The normalized spacial score (nSPS) is 16.8. The van der Waals surface area contributed by atoms with Crippen LogP contribution < -0.4 is 10.6 Å². The van der Waals surface area contributed by atoms with Crippen LogP contribution in [0.3, 0.4) is 0 Å². The number of pyridine rings is 1. The summed E-state index contributed by atoms with van der Waals surface area (Å²) in [7, 11) is 1.82. The molecule has 1 fully saturated rings. The van der Waals surface area contributed by atoms with Gasteiger partial charge in [-0.05, 0) is 17.7 Å². The average molecular weight is 220 g/mol. The summed E-state index contributed by atoms with van der Waals surface area (Å²) in [5, 5.41) is 0. The fourth-order valence-corrected chi connectivity index (χ4v) is 1.71. The largest absolute Gasteiger partial charge is 0.346 e. The zero-order chi connectivity index (χ0) is 11.5. The Morgan fingerprint density at radius 1 is 1.50 bits per heavy atom. The van der Waals surface area contributed by atoms with Gasteiger partial charge in [0.15, 0.2) is 0 Å². The van der Waals surface area contributed by atoms with Gasteiger partial charge >= 0.3 is 0 Å². The quantitative estimate of drug-likeness (QED) is 0.751. The molecule has 1 saturated heterocycles. The maximum atomic E-state index is 11.6. The Labute approximate surface area is 94.9 Å². The van der Waals surface area contributed by atoms with Crippen molar-refractivity contribution in [3.05, 3.63) is 23.9 Å². The molecule has 1 aliphatic rings. The molecule has 0 spiro atoms. The standard InChI is InChI=1S/C11H16N4O/c1-14-4-5-15(8-11(14)16)10-6-9(7-12)2-3-13-10/h2-3,6H,4-5,7-8,12H2,1H3. The number of piperazine rings is 1. The molecule has 1 aromatic heterocycles. The van der Waals surface area contributed by atoms with Crippen molar-refractivity contribution < 1.29 is 4.79 Å². The lowest BCUT2D eigenvalue weighted by Gasteiger charge is -2.32. The van der Waals surface area contributed by atoms with Crippen molar-refractivity contribution in [2.24, 2.45) is 5.73 Å². The molecule has 5 heteroatoms. The molecule has 16 heavy (non-hydrogen) atoms. The van der Waals surface area contributed by atoms with Crippen molar-refractivity contribution in [3.63, 3.8) is 0 Å². The molecule has 0 bridgehead atoms. The summed E-state index contributed by atoms with van der Waals surface area (Å²) in [5.74, 6) is 0.968. The number of nitrogens with two attached hydrogens (primary N) is 1. The number of hydrogen-bond acceptors (Lipinski definition) is 4. The van der Waals surface area contributed by atoms with Gasteiger partial charge in [0.2, 0.25) is 5.91 Å². The molecule has 1 amide bonds. The summed E-state index contributed by atoms with van der Waals surface area (Å²) in [6.07, 6.45) is 1.74. The van der Waals surface area contributed by atoms with Crippen LogP contribution in [0, 0.1) is 0 Å². The van der Waals surface area contributed by atoms with Gasteiger partial charge in [-0.1, -0.05) is 0 Å². The summed E-state index contributed by atoms with van der Waals surface area (Å²) >= 11 is 0. The highest BCUT2D eigenvalue weighted by atomic mass is 16.2. The van der Waals surface area contributed by atoms with E-state index in [0.717, 1.165) is 24.5 Å². The molecule has 0 aliphatic carbocycles. The summed E-state index contributed by atoms with van der Waals surface area (Å²) in [6, 6.07) is 3.83. The summed E-state index contributed by atoms with van der Waals surface area (Å²) in [5.41, 5.74) is 6.61. The van der Waals surface area contributed by atoms with Crippen LogP contribution in [0.1, 0.15) is 5.56 Å². The van der Waals surface area contributed by atoms with Gasteiger partial charge in [-0.15, -0.1) is 0 Å². The first kappa shape index (κ1) is 10.9. The molecule has 0 saturated carbocycles. The zero-order valence-electron chi connectivity index (χ0n) is 9.39. The predicted octanol–water partition coefficient (Wildman–Crippen LogP) is -0.181. The number of rotatable bonds is 2. The smallest absolute Gasteiger partial charge is 0.241 e.